The number of rotatable bonds is 10. The van der Waals surface area contributed by atoms with E-state index in [9.17, 15) is 13.2 Å². The number of carbonyl (C=O) groups is 1. The largest absolute Gasteiger partial charge is 0.381 e. The molecule has 55 heavy (non-hydrogen) atoms. The second kappa shape index (κ2) is 15.9. The van der Waals surface area contributed by atoms with Crippen molar-refractivity contribution in [2.24, 2.45) is 5.92 Å². The number of carbonyl (C=O) groups excluding carboxylic acids is 1. The zero-order chi connectivity index (χ0) is 38.3. The highest BCUT2D eigenvalue weighted by Gasteiger charge is 2.40. The lowest BCUT2D eigenvalue weighted by Crippen LogP contribution is -2.59. The van der Waals surface area contributed by atoms with Gasteiger partial charge in [0, 0.05) is 119 Å². The molecule has 1 unspecified atom stereocenters. The Morgan fingerprint density at radius 3 is 2.49 bits per heavy atom. The van der Waals surface area contributed by atoms with Gasteiger partial charge in [0.1, 0.15) is 33.5 Å². The Balaban J connectivity index is 0.985. The number of halogens is 1. The summed E-state index contributed by atoms with van der Waals surface area (Å²) < 4.78 is 45.5. The van der Waals surface area contributed by atoms with Gasteiger partial charge in [-0.3, -0.25) is 14.6 Å². The van der Waals surface area contributed by atoms with Crippen LogP contribution in [0, 0.1) is 5.92 Å². The molecule has 1 amide bonds. The van der Waals surface area contributed by atoms with Crippen LogP contribution in [0.15, 0.2) is 43.4 Å². The molecule has 16 heteroatoms. The van der Waals surface area contributed by atoms with Crippen LogP contribution in [0.25, 0.3) is 10.8 Å². The van der Waals surface area contributed by atoms with Crippen molar-refractivity contribution < 1.29 is 22.3 Å². The van der Waals surface area contributed by atoms with Crippen LogP contribution >= 0.6 is 0 Å². The van der Waals surface area contributed by atoms with Crippen LogP contribution in [0.3, 0.4) is 0 Å². The summed E-state index contributed by atoms with van der Waals surface area (Å²) in [6, 6.07) is 4.04. The minimum atomic E-state index is -3.11. The Hall–Kier alpha value is -3.99. The van der Waals surface area contributed by atoms with Gasteiger partial charge in [0.05, 0.1) is 18.3 Å². The number of hydrogen-bond acceptors (Lipinski definition) is 13. The van der Waals surface area contributed by atoms with Crippen LogP contribution in [0.5, 0.6) is 0 Å². The van der Waals surface area contributed by atoms with Gasteiger partial charge in [-0.1, -0.05) is 6.58 Å². The van der Waals surface area contributed by atoms with Crippen molar-refractivity contribution in [3.63, 3.8) is 0 Å². The van der Waals surface area contributed by atoms with E-state index in [0.717, 1.165) is 87.2 Å². The SMILES string of the molecule is C=CC(=O)N1CCCC1c1cnc(N2C[C@H](CS(C)(=O)=O)[C@H]2C)c2cnc(Nc3ccnc(N4CC[C@@H](N5CCN(C6CCOCC6)CC5)[C@@H](F)C4)n3)cc12. The van der Waals surface area contributed by atoms with Gasteiger partial charge < -0.3 is 24.8 Å². The number of alkyl halides is 1. The molecule has 5 atom stereocenters. The summed E-state index contributed by atoms with van der Waals surface area (Å²) in [5.74, 6) is 2.34. The van der Waals surface area contributed by atoms with Crippen LogP contribution in [0.1, 0.15) is 50.6 Å². The highest BCUT2D eigenvalue weighted by atomic mass is 32.2. The maximum atomic E-state index is 15.9. The number of hydrogen-bond donors (Lipinski definition) is 1. The molecule has 8 heterocycles. The maximum absolute atomic E-state index is 15.9. The zero-order valence-corrected chi connectivity index (χ0v) is 32.7. The fourth-order valence-electron chi connectivity index (χ4n) is 9.40. The van der Waals surface area contributed by atoms with Gasteiger partial charge in [0.2, 0.25) is 11.9 Å². The van der Waals surface area contributed by atoms with Gasteiger partial charge >= 0.3 is 0 Å². The molecule has 3 aromatic rings. The molecule has 296 valence electrons. The predicted octanol–water partition coefficient (Wildman–Crippen LogP) is 3.60. The maximum Gasteiger partial charge on any atom is 0.246 e. The van der Waals surface area contributed by atoms with Crippen LogP contribution in [-0.4, -0.2) is 151 Å². The number of anilines is 4. The lowest BCUT2D eigenvalue weighted by Gasteiger charge is -2.47. The average molecular weight is 777 g/mol. The molecular formula is C39H53FN10O4S. The molecule has 0 spiro atoms. The summed E-state index contributed by atoms with van der Waals surface area (Å²) in [5.41, 5.74) is 0.919. The quantitative estimate of drug-likeness (QED) is 0.301. The first-order valence-corrected chi connectivity index (χ1v) is 21.8. The lowest BCUT2D eigenvalue weighted by molar-refractivity contribution is -0.126. The molecule has 3 aromatic heterocycles. The van der Waals surface area contributed by atoms with Crippen molar-refractivity contribution in [1.29, 1.82) is 0 Å². The Kier molecular flexibility index (Phi) is 10.9. The Bertz CT molecular complexity index is 1990. The number of sulfone groups is 1. The fraction of sp³-hybridized carbons (Fsp3) is 0.615. The third-order valence-corrected chi connectivity index (χ3v) is 13.5. The monoisotopic (exact) mass is 776 g/mol. The second-order valence-corrected chi connectivity index (χ2v) is 18.1. The van der Waals surface area contributed by atoms with E-state index in [0.29, 0.717) is 49.7 Å². The smallest absolute Gasteiger partial charge is 0.246 e. The normalized spacial score (nSPS) is 27.3. The molecule has 0 aromatic carbocycles. The van der Waals surface area contributed by atoms with Crippen molar-refractivity contribution in [1.82, 2.24) is 34.6 Å². The molecular weight excluding hydrogens is 724 g/mol. The number of likely N-dealkylation sites (tertiary alicyclic amines) is 1. The minimum Gasteiger partial charge on any atom is -0.381 e. The molecule has 0 bridgehead atoms. The van der Waals surface area contributed by atoms with E-state index in [1.807, 2.05) is 29.0 Å². The first kappa shape index (κ1) is 37.9. The standard InChI is InChI=1S/C39H53FN10O4S/c1-4-37(51)49-12-5-6-33(49)30-21-43-38(50-23-27(26(50)2)25-55(3,52)53)31-22-42-36(20-29(30)31)44-35-7-11-41-39(45-35)48-13-8-34(32(40)24-48)47-16-14-46(15-17-47)28-9-18-54-19-10-28/h4,7,11,20-22,26-28,32-34H,1,5-6,8-10,12-19,23-25H2,2-3H3,(H,41,42,44,45)/t26-,27-,32+,33?,34-/m1/s1. The van der Waals surface area contributed by atoms with Gasteiger partial charge in [0.25, 0.3) is 0 Å². The van der Waals surface area contributed by atoms with Crippen LogP contribution in [-0.2, 0) is 19.4 Å². The topological polar surface area (TPSA) is 140 Å². The van der Waals surface area contributed by atoms with Crippen molar-refractivity contribution in [2.75, 3.05) is 92.7 Å². The summed E-state index contributed by atoms with van der Waals surface area (Å²) in [7, 11) is -3.11. The number of aromatic nitrogens is 4. The number of piperidine rings is 1. The first-order valence-electron chi connectivity index (χ1n) is 19.8. The highest BCUT2D eigenvalue weighted by Crippen LogP contribution is 2.41. The van der Waals surface area contributed by atoms with Crippen LogP contribution in [0.4, 0.5) is 27.8 Å². The molecule has 5 aliphatic heterocycles. The third-order valence-electron chi connectivity index (χ3n) is 12.5. The molecule has 0 saturated carbocycles. The van der Waals surface area contributed by atoms with E-state index < -0.39 is 16.0 Å². The van der Waals surface area contributed by atoms with Gasteiger partial charge in [-0.05, 0) is 62.6 Å². The number of ether oxygens (including phenoxy) is 1. The number of nitrogens with zero attached hydrogens (tertiary/aromatic N) is 9. The predicted molar refractivity (Wildman–Crippen MR) is 211 cm³/mol. The number of piperazine rings is 1. The van der Waals surface area contributed by atoms with Crippen molar-refractivity contribution in [3.8, 4) is 0 Å². The third kappa shape index (κ3) is 8.00. The number of nitrogens with one attached hydrogen (secondary N) is 1. The van der Waals surface area contributed by atoms with E-state index in [1.165, 1.54) is 12.3 Å². The molecule has 5 aliphatic rings. The van der Waals surface area contributed by atoms with E-state index in [-0.39, 0.29) is 42.2 Å². The van der Waals surface area contributed by atoms with Crippen molar-refractivity contribution in [3.05, 3.63) is 48.9 Å². The summed E-state index contributed by atoms with van der Waals surface area (Å²) >= 11 is 0. The molecule has 14 nitrogen and oxygen atoms in total. The number of fused-ring (bicyclic) bond motifs is 1. The summed E-state index contributed by atoms with van der Waals surface area (Å²) in [6.07, 6.45) is 11.5. The molecule has 0 radical (unpaired) electrons. The zero-order valence-electron chi connectivity index (χ0n) is 31.9. The molecule has 5 fully saturated rings. The van der Waals surface area contributed by atoms with Crippen molar-refractivity contribution in [2.45, 2.75) is 69.4 Å². The van der Waals surface area contributed by atoms with E-state index in [1.54, 1.807) is 18.5 Å². The Morgan fingerprint density at radius 1 is 0.982 bits per heavy atom. The fourth-order valence-corrected chi connectivity index (χ4v) is 10.6. The van der Waals surface area contributed by atoms with Gasteiger partial charge in [-0.2, -0.15) is 4.98 Å². The summed E-state index contributed by atoms with van der Waals surface area (Å²) in [5, 5.41) is 5.09. The minimum absolute atomic E-state index is 0.0133. The van der Waals surface area contributed by atoms with Gasteiger partial charge in [0.15, 0.2) is 0 Å². The van der Waals surface area contributed by atoms with E-state index in [2.05, 4.69) is 31.6 Å². The van der Waals surface area contributed by atoms with Crippen molar-refractivity contribution >= 4 is 49.9 Å². The summed E-state index contributed by atoms with van der Waals surface area (Å²) in [6.45, 7) is 13.3. The van der Waals surface area contributed by atoms with E-state index in [4.69, 9.17) is 19.7 Å². The lowest BCUT2D eigenvalue weighted by atomic mass is 9.90. The Labute approximate surface area is 323 Å². The number of pyridine rings is 2. The van der Waals surface area contributed by atoms with Gasteiger partial charge in [-0.15, -0.1) is 0 Å². The van der Waals surface area contributed by atoms with Crippen LogP contribution < -0.4 is 15.1 Å². The number of amides is 1. The average Bonchev–Trinajstić information content (AvgIpc) is 3.69. The molecule has 1 N–H and O–H groups in total. The molecule has 8 rings (SSSR count). The highest BCUT2D eigenvalue weighted by molar-refractivity contribution is 7.90. The first-order chi connectivity index (χ1) is 26.6. The van der Waals surface area contributed by atoms with Gasteiger partial charge in [-0.25, -0.2) is 27.8 Å². The molecule has 5 saturated heterocycles. The second-order valence-electron chi connectivity index (χ2n) is 15.9. The summed E-state index contributed by atoms with van der Waals surface area (Å²) in [4.78, 5) is 42.7. The molecule has 0 aliphatic carbocycles. The van der Waals surface area contributed by atoms with Crippen LogP contribution in [0.2, 0.25) is 0 Å². The Morgan fingerprint density at radius 2 is 1.76 bits per heavy atom. The van der Waals surface area contributed by atoms with E-state index >= 15 is 4.39 Å².